The molecule has 8 nitrogen and oxygen atoms in total. The molecule has 1 fully saturated rings. The Kier molecular flexibility index (Phi) is 5.47. The summed E-state index contributed by atoms with van der Waals surface area (Å²) in [5.41, 5.74) is 0.769. The van der Waals surface area contributed by atoms with Gasteiger partial charge < -0.3 is 4.90 Å². The molecule has 1 N–H and O–H groups in total. The average molecular weight is 417 g/mol. The molecule has 0 aliphatic carbocycles. The van der Waals surface area contributed by atoms with E-state index < -0.39 is 11.2 Å². The highest BCUT2D eigenvalue weighted by Gasteiger charge is 2.25. The van der Waals surface area contributed by atoms with Crippen LogP contribution in [-0.4, -0.2) is 56.7 Å². The molecule has 0 spiro atoms. The van der Waals surface area contributed by atoms with Crippen LogP contribution in [0, 0.1) is 0 Å². The highest BCUT2D eigenvalue weighted by atomic mass is 35.5. The summed E-state index contributed by atoms with van der Waals surface area (Å²) in [6.07, 6.45) is 1.13. The van der Waals surface area contributed by atoms with Crippen molar-refractivity contribution in [1.82, 2.24) is 24.0 Å². The number of fused-ring (bicyclic) bond motifs is 1. The van der Waals surface area contributed by atoms with Gasteiger partial charge in [-0.3, -0.25) is 23.8 Å². The first kappa shape index (κ1) is 19.7. The van der Waals surface area contributed by atoms with Crippen LogP contribution in [-0.2, 0) is 13.6 Å². The van der Waals surface area contributed by atoms with E-state index in [-0.39, 0.29) is 0 Å². The summed E-state index contributed by atoms with van der Waals surface area (Å²) in [6, 6.07) is 7.57. The van der Waals surface area contributed by atoms with E-state index in [4.69, 9.17) is 16.6 Å². The molecule has 9 heteroatoms. The van der Waals surface area contributed by atoms with Crippen molar-refractivity contribution >= 4 is 28.7 Å². The fourth-order valence-corrected chi connectivity index (χ4v) is 4.09. The summed E-state index contributed by atoms with van der Waals surface area (Å²) in [7, 11) is 1.62. The quantitative estimate of drug-likeness (QED) is 0.684. The van der Waals surface area contributed by atoms with Gasteiger partial charge in [-0.1, -0.05) is 36.7 Å². The standard InChI is InChI=1S/C20H25ClN6O2/c1-3-8-25-9-11-26(12-10-25)19-22-17-16(18(28)23-20(29)24(17)2)27(19)13-14-6-4-5-7-15(14)21/h4-7H,3,8-13H2,1-2H3,(H,23,28,29). The Morgan fingerprint density at radius 1 is 1.14 bits per heavy atom. The fraction of sp³-hybridized carbons (Fsp3) is 0.450. The third kappa shape index (κ3) is 3.70. The number of piperazine rings is 1. The first-order chi connectivity index (χ1) is 14.0. The number of hydrogen-bond donors (Lipinski definition) is 1. The second-order valence-corrected chi connectivity index (χ2v) is 7.82. The van der Waals surface area contributed by atoms with Crippen LogP contribution in [0.5, 0.6) is 0 Å². The average Bonchev–Trinajstić information content (AvgIpc) is 3.09. The molecule has 4 rings (SSSR count). The number of anilines is 1. The van der Waals surface area contributed by atoms with Crippen LogP contribution in [0.15, 0.2) is 33.9 Å². The fourth-order valence-electron chi connectivity index (χ4n) is 3.90. The number of halogens is 1. The van der Waals surface area contributed by atoms with Crippen LogP contribution in [0.25, 0.3) is 11.2 Å². The first-order valence-corrected chi connectivity index (χ1v) is 10.3. The minimum atomic E-state index is -0.468. The number of nitrogens with one attached hydrogen (secondary N) is 1. The Balaban J connectivity index is 1.82. The molecule has 3 aromatic rings. The maximum Gasteiger partial charge on any atom is 0.329 e. The van der Waals surface area contributed by atoms with Gasteiger partial charge in [-0.05, 0) is 24.6 Å². The molecule has 0 radical (unpaired) electrons. The maximum atomic E-state index is 12.7. The molecule has 1 aliphatic rings. The van der Waals surface area contributed by atoms with Crippen molar-refractivity contribution in [2.24, 2.45) is 7.05 Å². The van der Waals surface area contributed by atoms with E-state index in [1.807, 2.05) is 28.8 Å². The van der Waals surface area contributed by atoms with Crippen molar-refractivity contribution in [3.05, 3.63) is 55.7 Å². The summed E-state index contributed by atoms with van der Waals surface area (Å²) in [5.74, 6) is 0.697. The second kappa shape index (κ2) is 8.04. The van der Waals surface area contributed by atoms with Gasteiger partial charge in [-0.25, -0.2) is 4.79 Å². The SMILES string of the molecule is CCCN1CCN(c2nc3c(c(=O)[nH]c(=O)n3C)n2Cc2ccccc2Cl)CC1. The maximum absolute atomic E-state index is 12.7. The molecule has 2 aromatic heterocycles. The topological polar surface area (TPSA) is 79.2 Å². The zero-order chi connectivity index (χ0) is 20.5. The predicted molar refractivity (Wildman–Crippen MR) is 115 cm³/mol. The molecule has 1 saturated heterocycles. The number of hydrogen-bond acceptors (Lipinski definition) is 5. The molecule has 0 saturated carbocycles. The van der Waals surface area contributed by atoms with Crippen molar-refractivity contribution in [2.75, 3.05) is 37.6 Å². The van der Waals surface area contributed by atoms with Crippen LogP contribution in [0.2, 0.25) is 5.02 Å². The van der Waals surface area contributed by atoms with Crippen LogP contribution < -0.4 is 16.1 Å². The second-order valence-electron chi connectivity index (χ2n) is 7.41. The molecule has 0 atom stereocenters. The van der Waals surface area contributed by atoms with E-state index in [0.29, 0.717) is 28.7 Å². The van der Waals surface area contributed by atoms with Crippen LogP contribution in [0.3, 0.4) is 0 Å². The van der Waals surface area contributed by atoms with Gasteiger partial charge in [0.15, 0.2) is 11.2 Å². The number of aromatic nitrogens is 4. The summed E-state index contributed by atoms with van der Waals surface area (Å²) < 4.78 is 3.26. The zero-order valence-electron chi connectivity index (χ0n) is 16.7. The van der Waals surface area contributed by atoms with Gasteiger partial charge >= 0.3 is 5.69 Å². The lowest BCUT2D eigenvalue weighted by atomic mass is 10.2. The number of imidazole rings is 1. The van der Waals surface area contributed by atoms with Gasteiger partial charge in [-0.15, -0.1) is 0 Å². The lowest BCUT2D eigenvalue weighted by molar-refractivity contribution is 0.257. The number of aryl methyl sites for hydroxylation is 1. The van der Waals surface area contributed by atoms with Crippen molar-refractivity contribution < 1.29 is 0 Å². The third-order valence-corrected chi connectivity index (χ3v) is 5.84. The lowest BCUT2D eigenvalue weighted by Crippen LogP contribution is -2.47. The minimum absolute atomic E-state index is 0.386. The zero-order valence-corrected chi connectivity index (χ0v) is 17.4. The highest BCUT2D eigenvalue weighted by Crippen LogP contribution is 2.24. The van der Waals surface area contributed by atoms with Gasteiger partial charge in [0.05, 0.1) is 6.54 Å². The smallest absolute Gasteiger partial charge is 0.329 e. The van der Waals surface area contributed by atoms with Crippen molar-refractivity contribution in [3.63, 3.8) is 0 Å². The van der Waals surface area contributed by atoms with E-state index in [2.05, 4.69) is 21.7 Å². The molecule has 0 unspecified atom stereocenters. The Hall–Kier alpha value is -2.58. The van der Waals surface area contributed by atoms with E-state index in [1.54, 1.807) is 7.05 Å². The molecule has 0 amide bonds. The van der Waals surface area contributed by atoms with Gasteiger partial charge in [0.2, 0.25) is 5.95 Å². The molecular weight excluding hydrogens is 392 g/mol. The van der Waals surface area contributed by atoms with E-state index >= 15 is 0 Å². The first-order valence-electron chi connectivity index (χ1n) is 9.90. The van der Waals surface area contributed by atoms with E-state index in [0.717, 1.165) is 44.7 Å². The summed E-state index contributed by atoms with van der Waals surface area (Å²) in [6.45, 7) is 7.19. The molecule has 29 heavy (non-hydrogen) atoms. The largest absolute Gasteiger partial charge is 0.340 e. The number of nitrogens with zero attached hydrogens (tertiary/aromatic N) is 5. The van der Waals surface area contributed by atoms with Crippen molar-refractivity contribution in [3.8, 4) is 0 Å². The summed E-state index contributed by atoms with van der Waals surface area (Å²) in [4.78, 5) is 36.5. The summed E-state index contributed by atoms with van der Waals surface area (Å²) in [5, 5.41) is 0.634. The molecular formula is C20H25ClN6O2. The van der Waals surface area contributed by atoms with Gasteiger partial charge in [-0.2, -0.15) is 4.98 Å². The molecule has 0 bridgehead atoms. The van der Waals surface area contributed by atoms with Crippen LogP contribution >= 0.6 is 11.6 Å². The van der Waals surface area contributed by atoms with Gasteiger partial charge in [0.25, 0.3) is 5.56 Å². The number of aromatic amines is 1. The predicted octanol–water partition coefficient (Wildman–Crippen LogP) is 1.66. The van der Waals surface area contributed by atoms with E-state index in [1.165, 1.54) is 4.57 Å². The van der Waals surface area contributed by atoms with Crippen LogP contribution in [0.1, 0.15) is 18.9 Å². The van der Waals surface area contributed by atoms with E-state index in [9.17, 15) is 9.59 Å². The highest BCUT2D eigenvalue weighted by molar-refractivity contribution is 6.31. The summed E-state index contributed by atoms with van der Waals surface area (Å²) >= 11 is 6.39. The number of rotatable bonds is 5. The Morgan fingerprint density at radius 2 is 1.86 bits per heavy atom. The Bertz CT molecular complexity index is 1140. The molecule has 154 valence electrons. The van der Waals surface area contributed by atoms with Crippen LogP contribution in [0.4, 0.5) is 5.95 Å². The van der Waals surface area contributed by atoms with Crippen molar-refractivity contribution in [2.45, 2.75) is 19.9 Å². The number of H-pyrrole nitrogens is 1. The molecule has 1 aromatic carbocycles. The monoisotopic (exact) mass is 416 g/mol. The lowest BCUT2D eigenvalue weighted by Gasteiger charge is -2.35. The number of benzene rings is 1. The normalized spacial score (nSPS) is 15.3. The third-order valence-electron chi connectivity index (χ3n) is 5.47. The Morgan fingerprint density at radius 3 is 2.55 bits per heavy atom. The molecule has 1 aliphatic heterocycles. The minimum Gasteiger partial charge on any atom is -0.340 e. The molecule has 3 heterocycles. The van der Waals surface area contributed by atoms with Gasteiger partial charge in [0.1, 0.15) is 0 Å². The van der Waals surface area contributed by atoms with Gasteiger partial charge in [0, 0.05) is 38.2 Å². The van der Waals surface area contributed by atoms with Crippen molar-refractivity contribution in [1.29, 1.82) is 0 Å². The Labute approximate surface area is 173 Å².